The van der Waals surface area contributed by atoms with Crippen molar-refractivity contribution in [2.24, 2.45) is 5.92 Å². The fourth-order valence-electron chi connectivity index (χ4n) is 2.00. The maximum Gasteiger partial charge on any atom is 0.263 e. The third kappa shape index (κ3) is 5.88. The lowest BCUT2D eigenvalue weighted by Crippen LogP contribution is -2.31. The number of sulfonamides is 1. The topological polar surface area (TPSA) is 100 Å². The van der Waals surface area contributed by atoms with E-state index in [1.54, 1.807) is 13.8 Å². The number of hydrogen-bond donors (Lipinski definition) is 3. The van der Waals surface area contributed by atoms with Crippen molar-refractivity contribution in [2.75, 3.05) is 23.1 Å². The number of pyridine rings is 1. The molecule has 0 spiro atoms. The first kappa shape index (κ1) is 20.6. The van der Waals surface area contributed by atoms with Gasteiger partial charge >= 0.3 is 0 Å². The third-order valence-electron chi connectivity index (χ3n) is 3.47. The zero-order valence-corrected chi connectivity index (χ0v) is 15.6. The molecule has 0 fully saturated rings. The SMILES string of the molecule is CC(C)C(=O)NCCNc1ccc(S(=O)(=O)Nc2ccc(F)c(F)c2)cn1. The van der Waals surface area contributed by atoms with Gasteiger partial charge in [0.05, 0.1) is 5.69 Å². The molecule has 10 heteroatoms. The standard InChI is InChI=1S/C17H20F2N4O3S/c1-11(2)17(24)21-8-7-20-16-6-4-13(10-22-16)27(25,26)23-12-3-5-14(18)15(19)9-12/h3-6,9-11,23H,7-8H2,1-2H3,(H,20,22)(H,21,24). The summed E-state index contributed by atoms with van der Waals surface area (Å²) in [7, 11) is -3.99. The van der Waals surface area contributed by atoms with Crippen molar-refractivity contribution >= 4 is 27.4 Å². The number of anilines is 2. The van der Waals surface area contributed by atoms with E-state index in [2.05, 4.69) is 20.3 Å². The van der Waals surface area contributed by atoms with Crippen molar-refractivity contribution in [2.45, 2.75) is 18.7 Å². The van der Waals surface area contributed by atoms with Crippen LogP contribution in [0.2, 0.25) is 0 Å². The fraction of sp³-hybridized carbons (Fsp3) is 0.294. The minimum Gasteiger partial charge on any atom is -0.368 e. The second-order valence-corrected chi connectivity index (χ2v) is 7.67. The van der Waals surface area contributed by atoms with Crippen LogP contribution in [0.5, 0.6) is 0 Å². The average molecular weight is 398 g/mol. The lowest BCUT2D eigenvalue weighted by molar-refractivity contribution is -0.123. The number of halogens is 2. The maximum absolute atomic E-state index is 13.2. The maximum atomic E-state index is 13.2. The summed E-state index contributed by atoms with van der Waals surface area (Å²) >= 11 is 0. The lowest BCUT2D eigenvalue weighted by atomic mass is 10.2. The number of carbonyl (C=O) groups is 1. The highest BCUT2D eigenvalue weighted by Crippen LogP contribution is 2.18. The Morgan fingerprint density at radius 2 is 1.85 bits per heavy atom. The molecule has 0 aliphatic rings. The highest BCUT2D eigenvalue weighted by molar-refractivity contribution is 7.92. The van der Waals surface area contributed by atoms with Gasteiger partial charge in [-0.1, -0.05) is 13.8 Å². The van der Waals surface area contributed by atoms with E-state index in [0.29, 0.717) is 18.9 Å². The van der Waals surface area contributed by atoms with E-state index in [-0.39, 0.29) is 22.4 Å². The van der Waals surface area contributed by atoms with Gasteiger partial charge in [0.1, 0.15) is 10.7 Å². The number of nitrogens with zero attached hydrogens (tertiary/aromatic N) is 1. The van der Waals surface area contributed by atoms with Crippen molar-refractivity contribution < 1.29 is 22.0 Å². The molecule has 1 heterocycles. The quantitative estimate of drug-likeness (QED) is 0.593. The van der Waals surface area contributed by atoms with Crippen LogP contribution in [0, 0.1) is 17.6 Å². The van der Waals surface area contributed by atoms with Crippen molar-refractivity contribution in [1.82, 2.24) is 10.3 Å². The predicted molar refractivity (Wildman–Crippen MR) is 97.7 cm³/mol. The molecule has 7 nitrogen and oxygen atoms in total. The molecular formula is C17H20F2N4O3S. The van der Waals surface area contributed by atoms with Crippen LogP contribution in [-0.2, 0) is 14.8 Å². The molecule has 27 heavy (non-hydrogen) atoms. The first-order chi connectivity index (χ1) is 12.7. The Kier molecular flexibility index (Phi) is 6.67. The van der Waals surface area contributed by atoms with Gasteiger partial charge in [0.25, 0.3) is 10.0 Å². The molecule has 2 rings (SSSR count). The Bertz CT molecular complexity index is 903. The highest BCUT2D eigenvalue weighted by Gasteiger charge is 2.16. The number of hydrogen-bond acceptors (Lipinski definition) is 5. The number of carbonyl (C=O) groups excluding carboxylic acids is 1. The summed E-state index contributed by atoms with van der Waals surface area (Å²) in [4.78, 5) is 15.3. The Morgan fingerprint density at radius 1 is 1.11 bits per heavy atom. The normalized spacial score (nSPS) is 11.3. The summed E-state index contributed by atoms with van der Waals surface area (Å²) in [6, 6.07) is 5.48. The Labute approximate surface area is 156 Å². The van der Waals surface area contributed by atoms with E-state index in [1.807, 2.05) is 0 Å². The van der Waals surface area contributed by atoms with Gasteiger partial charge in [0.15, 0.2) is 11.6 Å². The van der Waals surface area contributed by atoms with E-state index in [9.17, 15) is 22.0 Å². The monoisotopic (exact) mass is 398 g/mol. The van der Waals surface area contributed by atoms with Gasteiger partial charge in [-0.05, 0) is 24.3 Å². The number of nitrogens with one attached hydrogen (secondary N) is 3. The molecule has 0 saturated heterocycles. The smallest absolute Gasteiger partial charge is 0.263 e. The van der Waals surface area contributed by atoms with E-state index in [0.717, 1.165) is 24.4 Å². The first-order valence-corrected chi connectivity index (χ1v) is 9.63. The van der Waals surface area contributed by atoms with Crippen molar-refractivity contribution in [3.8, 4) is 0 Å². The van der Waals surface area contributed by atoms with E-state index >= 15 is 0 Å². The van der Waals surface area contributed by atoms with Crippen LogP contribution >= 0.6 is 0 Å². The van der Waals surface area contributed by atoms with Crippen LogP contribution in [0.3, 0.4) is 0 Å². The summed E-state index contributed by atoms with van der Waals surface area (Å²) in [6.07, 6.45) is 1.14. The molecule has 1 amide bonds. The molecule has 1 aromatic carbocycles. The highest BCUT2D eigenvalue weighted by atomic mass is 32.2. The Hall–Kier alpha value is -2.75. The molecule has 0 unspecified atom stereocenters. The molecule has 0 atom stereocenters. The molecule has 2 aromatic rings. The van der Waals surface area contributed by atoms with Crippen LogP contribution in [0.4, 0.5) is 20.3 Å². The number of amides is 1. The second kappa shape index (κ2) is 8.76. The number of aromatic nitrogens is 1. The number of benzene rings is 1. The molecule has 0 saturated carbocycles. The lowest BCUT2D eigenvalue weighted by Gasteiger charge is -2.10. The van der Waals surface area contributed by atoms with Crippen molar-refractivity contribution in [3.63, 3.8) is 0 Å². The summed E-state index contributed by atoms with van der Waals surface area (Å²) in [5.41, 5.74) is -0.100. The summed E-state index contributed by atoms with van der Waals surface area (Å²) in [5, 5.41) is 5.68. The van der Waals surface area contributed by atoms with Gasteiger partial charge in [-0.3, -0.25) is 9.52 Å². The van der Waals surface area contributed by atoms with E-state index in [1.165, 1.54) is 12.1 Å². The van der Waals surface area contributed by atoms with Crippen LogP contribution in [-0.4, -0.2) is 32.4 Å². The van der Waals surface area contributed by atoms with Crippen LogP contribution < -0.4 is 15.4 Å². The van der Waals surface area contributed by atoms with Gasteiger partial charge in [0.2, 0.25) is 5.91 Å². The van der Waals surface area contributed by atoms with Gasteiger partial charge < -0.3 is 10.6 Å². The minimum atomic E-state index is -3.99. The van der Waals surface area contributed by atoms with E-state index in [4.69, 9.17) is 0 Å². The Morgan fingerprint density at radius 3 is 2.44 bits per heavy atom. The molecule has 0 aliphatic carbocycles. The van der Waals surface area contributed by atoms with Crippen LogP contribution in [0.25, 0.3) is 0 Å². The second-order valence-electron chi connectivity index (χ2n) is 5.99. The molecular weight excluding hydrogens is 378 g/mol. The van der Waals surface area contributed by atoms with Gasteiger partial charge in [-0.2, -0.15) is 0 Å². The zero-order chi connectivity index (χ0) is 20.0. The van der Waals surface area contributed by atoms with Gasteiger partial charge in [-0.15, -0.1) is 0 Å². The molecule has 1 aromatic heterocycles. The summed E-state index contributed by atoms with van der Waals surface area (Å²) in [5.74, 6) is -1.96. The summed E-state index contributed by atoms with van der Waals surface area (Å²) < 4.78 is 52.8. The molecule has 0 radical (unpaired) electrons. The molecule has 0 aliphatic heterocycles. The first-order valence-electron chi connectivity index (χ1n) is 8.14. The van der Waals surface area contributed by atoms with Crippen LogP contribution in [0.1, 0.15) is 13.8 Å². The Balaban J connectivity index is 1.94. The van der Waals surface area contributed by atoms with Crippen molar-refractivity contribution in [1.29, 1.82) is 0 Å². The zero-order valence-electron chi connectivity index (χ0n) is 14.8. The van der Waals surface area contributed by atoms with Crippen LogP contribution in [0.15, 0.2) is 41.4 Å². The summed E-state index contributed by atoms with van der Waals surface area (Å²) in [6.45, 7) is 4.40. The predicted octanol–water partition coefficient (Wildman–Crippen LogP) is 2.34. The fourth-order valence-corrected chi connectivity index (χ4v) is 2.99. The van der Waals surface area contributed by atoms with Gasteiger partial charge in [0, 0.05) is 31.3 Å². The number of rotatable bonds is 8. The minimum absolute atomic E-state index is 0.0606. The largest absolute Gasteiger partial charge is 0.368 e. The third-order valence-corrected chi connectivity index (χ3v) is 4.84. The van der Waals surface area contributed by atoms with Crippen molar-refractivity contribution in [3.05, 3.63) is 48.2 Å². The average Bonchev–Trinajstić information content (AvgIpc) is 2.61. The van der Waals surface area contributed by atoms with Gasteiger partial charge in [-0.25, -0.2) is 22.2 Å². The molecule has 146 valence electrons. The molecule has 0 bridgehead atoms. The van der Waals surface area contributed by atoms with E-state index < -0.39 is 21.7 Å². The molecule has 3 N–H and O–H groups in total.